The average molecular weight is 474 g/mol. The van der Waals surface area contributed by atoms with E-state index in [-0.39, 0.29) is 5.56 Å². The van der Waals surface area contributed by atoms with Gasteiger partial charge in [0, 0.05) is 16.3 Å². The summed E-state index contributed by atoms with van der Waals surface area (Å²) in [6, 6.07) is 24.2. The van der Waals surface area contributed by atoms with Gasteiger partial charge in [-0.25, -0.2) is 9.78 Å². The lowest BCUT2D eigenvalue weighted by molar-refractivity contribution is 0.0699. The second kappa shape index (κ2) is 8.80. The average Bonchev–Trinajstić information content (AvgIpc) is 3.21. The zero-order valence-electron chi connectivity index (χ0n) is 20.4. The van der Waals surface area contributed by atoms with E-state index in [1.807, 2.05) is 37.3 Å². The van der Waals surface area contributed by atoms with Crippen molar-refractivity contribution in [3.8, 4) is 11.3 Å². The molecule has 0 bridgehead atoms. The number of carboxylic acids is 1. The molecule has 0 saturated heterocycles. The smallest absolute Gasteiger partial charge is 0.336 e. The molecule has 2 aromatic heterocycles. The minimum atomic E-state index is -0.940. The molecule has 36 heavy (non-hydrogen) atoms. The van der Waals surface area contributed by atoms with Gasteiger partial charge in [0.05, 0.1) is 16.8 Å². The lowest BCUT2D eigenvalue weighted by atomic mass is 9.77. The van der Waals surface area contributed by atoms with Gasteiger partial charge in [0.15, 0.2) is 0 Å². The second-order valence-corrected chi connectivity index (χ2v) is 9.58. The molecule has 2 heterocycles. The molecule has 1 aliphatic rings. The summed E-state index contributed by atoms with van der Waals surface area (Å²) in [7, 11) is 0. The fourth-order valence-electron chi connectivity index (χ4n) is 5.51. The number of benzene rings is 3. The van der Waals surface area contributed by atoms with Crippen LogP contribution in [0.1, 0.15) is 46.2 Å². The van der Waals surface area contributed by atoms with Crippen molar-refractivity contribution in [3.05, 3.63) is 107 Å². The van der Waals surface area contributed by atoms with Crippen molar-refractivity contribution in [3.63, 3.8) is 0 Å². The lowest BCUT2D eigenvalue weighted by Crippen LogP contribution is -2.13. The van der Waals surface area contributed by atoms with E-state index in [1.54, 1.807) is 6.07 Å². The normalized spacial score (nSPS) is 15.2. The first-order chi connectivity index (χ1) is 17.5. The van der Waals surface area contributed by atoms with Crippen molar-refractivity contribution in [1.29, 1.82) is 0 Å². The molecule has 4 heteroatoms. The van der Waals surface area contributed by atoms with Crippen LogP contribution in [0.2, 0.25) is 0 Å². The van der Waals surface area contributed by atoms with E-state index in [0.717, 1.165) is 63.6 Å². The molecule has 1 unspecified atom stereocenters. The standard InChI is InChI=1S/C32H27NO3/c1-3-22-13-14-24(23-16-21(17-23)15-20-9-5-4-6-10-20)30-26(32(34)35)18-27(33-31(22)30)29-19(2)36-28-12-8-7-11-25(28)29/h4-14,16,18,21H,3,15,17H2,1-2H3,(H,34,35). The Balaban J connectivity index is 1.51. The fourth-order valence-corrected chi connectivity index (χ4v) is 5.51. The van der Waals surface area contributed by atoms with Crippen molar-refractivity contribution in [2.75, 3.05) is 0 Å². The van der Waals surface area contributed by atoms with Gasteiger partial charge in [0.2, 0.25) is 0 Å². The number of nitrogens with zero attached hydrogens (tertiary/aromatic N) is 1. The molecule has 6 rings (SSSR count). The van der Waals surface area contributed by atoms with Gasteiger partial charge >= 0.3 is 5.97 Å². The third-order valence-corrected chi connectivity index (χ3v) is 7.29. The molecule has 0 fully saturated rings. The summed E-state index contributed by atoms with van der Waals surface area (Å²) in [4.78, 5) is 17.7. The Morgan fingerprint density at radius 2 is 1.81 bits per heavy atom. The Morgan fingerprint density at radius 3 is 2.56 bits per heavy atom. The molecule has 0 saturated carbocycles. The molecule has 0 amide bonds. The molecule has 5 aromatic rings. The van der Waals surface area contributed by atoms with E-state index < -0.39 is 5.97 Å². The highest BCUT2D eigenvalue weighted by Crippen LogP contribution is 2.42. The highest BCUT2D eigenvalue weighted by molar-refractivity contribution is 6.10. The van der Waals surface area contributed by atoms with E-state index in [4.69, 9.17) is 9.40 Å². The van der Waals surface area contributed by atoms with Crippen LogP contribution in [0.3, 0.4) is 0 Å². The maximum atomic E-state index is 12.6. The number of fused-ring (bicyclic) bond motifs is 2. The maximum absolute atomic E-state index is 12.6. The van der Waals surface area contributed by atoms with Crippen LogP contribution in [0.4, 0.5) is 0 Å². The summed E-state index contributed by atoms with van der Waals surface area (Å²) in [6.07, 6.45) is 4.99. The SMILES string of the molecule is CCc1ccc(C2=CC(Cc3ccccc3)C2)c2c(C(=O)O)cc(-c3c(C)oc4ccccc34)nc12. The van der Waals surface area contributed by atoms with Gasteiger partial charge < -0.3 is 9.52 Å². The highest BCUT2D eigenvalue weighted by Gasteiger charge is 2.26. The van der Waals surface area contributed by atoms with Crippen LogP contribution in [0.25, 0.3) is 38.7 Å². The number of aromatic nitrogens is 1. The summed E-state index contributed by atoms with van der Waals surface area (Å²) in [5.74, 6) is 0.257. The zero-order valence-corrected chi connectivity index (χ0v) is 20.4. The van der Waals surface area contributed by atoms with E-state index in [1.165, 1.54) is 11.1 Å². The maximum Gasteiger partial charge on any atom is 0.336 e. The number of carboxylic acid groups (broad SMARTS) is 1. The third-order valence-electron chi connectivity index (χ3n) is 7.29. The number of rotatable bonds is 6. The van der Waals surface area contributed by atoms with Crippen molar-refractivity contribution >= 4 is 33.4 Å². The Bertz CT molecular complexity index is 1660. The van der Waals surface area contributed by atoms with Crippen LogP contribution >= 0.6 is 0 Å². The Hall–Kier alpha value is -4.18. The van der Waals surface area contributed by atoms with Crippen LogP contribution in [0, 0.1) is 12.8 Å². The molecule has 178 valence electrons. The molecule has 4 nitrogen and oxygen atoms in total. The van der Waals surface area contributed by atoms with Gasteiger partial charge in [0.25, 0.3) is 0 Å². The van der Waals surface area contributed by atoms with Crippen LogP contribution in [-0.2, 0) is 12.8 Å². The van der Waals surface area contributed by atoms with Crippen molar-refractivity contribution in [2.24, 2.45) is 5.92 Å². The quantitative estimate of drug-likeness (QED) is 0.273. The molecule has 1 N–H and O–H groups in total. The molecule has 1 atom stereocenters. The minimum Gasteiger partial charge on any atom is -0.478 e. The number of aryl methyl sites for hydroxylation is 2. The van der Waals surface area contributed by atoms with Gasteiger partial charge in [-0.2, -0.15) is 0 Å². The lowest BCUT2D eigenvalue weighted by Gasteiger charge is -2.27. The number of hydrogen-bond acceptors (Lipinski definition) is 3. The van der Waals surface area contributed by atoms with Gasteiger partial charge in [-0.1, -0.05) is 73.7 Å². The number of furan rings is 1. The monoisotopic (exact) mass is 473 g/mol. The Labute approximate surface area is 209 Å². The number of allylic oxidation sites excluding steroid dienone is 2. The predicted molar refractivity (Wildman–Crippen MR) is 144 cm³/mol. The largest absolute Gasteiger partial charge is 0.478 e. The van der Waals surface area contributed by atoms with Crippen molar-refractivity contribution < 1.29 is 14.3 Å². The molecular formula is C32H27NO3. The molecule has 0 spiro atoms. The molecule has 0 radical (unpaired) electrons. The first-order valence-corrected chi connectivity index (χ1v) is 12.5. The van der Waals surface area contributed by atoms with Crippen LogP contribution in [0.5, 0.6) is 0 Å². The van der Waals surface area contributed by atoms with E-state index >= 15 is 0 Å². The summed E-state index contributed by atoms with van der Waals surface area (Å²) in [6.45, 7) is 3.99. The van der Waals surface area contributed by atoms with Gasteiger partial charge in [-0.15, -0.1) is 0 Å². The Morgan fingerprint density at radius 1 is 1.06 bits per heavy atom. The summed E-state index contributed by atoms with van der Waals surface area (Å²) >= 11 is 0. The third kappa shape index (κ3) is 3.70. The van der Waals surface area contributed by atoms with Gasteiger partial charge in [-0.05, 0) is 66.5 Å². The van der Waals surface area contributed by atoms with E-state index in [0.29, 0.717) is 11.6 Å². The van der Waals surface area contributed by atoms with Crippen molar-refractivity contribution in [2.45, 2.75) is 33.1 Å². The Kier molecular flexibility index (Phi) is 5.45. The highest BCUT2D eigenvalue weighted by atomic mass is 16.4. The van der Waals surface area contributed by atoms with E-state index in [9.17, 15) is 9.90 Å². The van der Waals surface area contributed by atoms with Crippen molar-refractivity contribution in [1.82, 2.24) is 4.98 Å². The first kappa shape index (κ1) is 22.3. The number of pyridine rings is 1. The minimum absolute atomic E-state index is 0.289. The van der Waals surface area contributed by atoms with Gasteiger partial charge in [0.1, 0.15) is 11.3 Å². The molecule has 1 aliphatic carbocycles. The predicted octanol–water partition coefficient (Wildman–Crippen LogP) is 7.86. The van der Waals surface area contributed by atoms with Gasteiger partial charge in [-0.3, -0.25) is 0 Å². The first-order valence-electron chi connectivity index (χ1n) is 12.5. The summed E-state index contributed by atoms with van der Waals surface area (Å²) in [5, 5.41) is 12.0. The van der Waals surface area contributed by atoms with E-state index in [2.05, 4.69) is 49.4 Å². The second-order valence-electron chi connectivity index (χ2n) is 9.58. The summed E-state index contributed by atoms with van der Waals surface area (Å²) in [5.41, 5.74) is 7.87. The summed E-state index contributed by atoms with van der Waals surface area (Å²) < 4.78 is 5.97. The zero-order chi connectivity index (χ0) is 24.8. The number of aromatic carboxylic acids is 1. The number of hydrogen-bond donors (Lipinski definition) is 1. The van der Waals surface area contributed by atoms with Crippen LogP contribution in [0.15, 0.2) is 83.3 Å². The van der Waals surface area contributed by atoms with Crippen LogP contribution in [-0.4, -0.2) is 16.1 Å². The molecular weight excluding hydrogens is 446 g/mol. The number of carbonyl (C=O) groups is 1. The number of para-hydroxylation sites is 1. The molecule has 0 aliphatic heterocycles. The van der Waals surface area contributed by atoms with Crippen LogP contribution < -0.4 is 0 Å². The topological polar surface area (TPSA) is 63.3 Å². The molecule has 3 aromatic carbocycles. The fraction of sp³-hybridized carbons (Fsp3) is 0.188.